The molecule has 106 valence electrons. The second-order valence-electron chi connectivity index (χ2n) is 5.85. The standard InChI is InChI=1S/C16H20N2O2/c1-13(11-19)18-9-5-8-16(18)12-17(15(16)20)10-14-6-3-2-4-7-14/h2-4,6-7,11,13H,5,8-10,12H2,1H3. The molecule has 2 unspecified atom stereocenters. The van der Waals surface area contributed by atoms with E-state index in [4.69, 9.17) is 0 Å². The van der Waals surface area contributed by atoms with Crippen LogP contribution in [-0.4, -0.2) is 46.7 Å². The SMILES string of the molecule is CC(C=O)N1CCCC12CN(Cc1ccccc1)C2=O. The molecule has 0 saturated carbocycles. The number of nitrogens with zero attached hydrogens (tertiary/aromatic N) is 2. The first-order valence-corrected chi connectivity index (χ1v) is 7.23. The average molecular weight is 272 g/mol. The van der Waals surface area contributed by atoms with Crippen molar-refractivity contribution in [3.63, 3.8) is 0 Å². The summed E-state index contributed by atoms with van der Waals surface area (Å²) in [5.41, 5.74) is 0.762. The molecule has 0 N–H and O–H groups in total. The zero-order valence-corrected chi connectivity index (χ0v) is 11.8. The maximum absolute atomic E-state index is 12.6. The van der Waals surface area contributed by atoms with Gasteiger partial charge in [0, 0.05) is 19.6 Å². The van der Waals surface area contributed by atoms with E-state index in [0.717, 1.165) is 37.8 Å². The van der Waals surface area contributed by atoms with Crippen LogP contribution in [0.15, 0.2) is 30.3 Å². The Morgan fingerprint density at radius 2 is 2.10 bits per heavy atom. The molecule has 2 aliphatic rings. The van der Waals surface area contributed by atoms with Crippen LogP contribution in [0, 0.1) is 0 Å². The second-order valence-corrected chi connectivity index (χ2v) is 5.85. The van der Waals surface area contributed by atoms with Gasteiger partial charge in [0.05, 0.1) is 6.04 Å². The molecule has 0 radical (unpaired) electrons. The first-order valence-electron chi connectivity index (χ1n) is 7.23. The highest BCUT2D eigenvalue weighted by atomic mass is 16.2. The lowest BCUT2D eigenvalue weighted by atomic mass is 9.84. The molecule has 2 fully saturated rings. The van der Waals surface area contributed by atoms with Crippen LogP contribution in [0.4, 0.5) is 0 Å². The molecule has 0 aromatic heterocycles. The summed E-state index contributed by atoms with van der Waals surface area (Å²) in [4.78, 5) is 27.6. The summed E-state index contributed by atoms with van der Waals surface area (Å²) in [5.74, 6) is 0.188. The van der Waals surface area contributed by atoms with Gasteiger partial charge in [-0.15, -0.1) is 0 Å². The number of β-lactam (4-membered cyclic amide) rings is 1. The molecule has 4 nitrogen and oxygen atoms in total. The van der Waals surface area contributed by atoms with Crippen molar-refractivity contribution in [2.24, 2.45) is 0 Å². The van der Waals surface area contributed by atoms with Gasteiger partial charge in [0.15, 0.2) is 0 Å². The number of carbonyl (C=O) groups excluding carboxylic acids is 2. The molecule has 1 aromatic carbocycles. The van der Waals surface area contributed by atoms with E-state index >= 15 is 0 Å². The monoisotopic (exact) mass is 272 g/mol. The molecule has 2 atom stereocenters. The minimum atomic E-state index is -0.394. The minimum Gasteiger partial charge on any atom is -0.334 e. The smallest absolute Gasteiger partial charge is 0.245 e. The molecule has 1 spiro atoms. The highest BCUT2D eigenvalue weighted by Gasteiger charge is 2.58. The van der Waals surface area contributed by atoms with Crippen LogP contribution in [0.5, 0.6) is 0 Å². The molecule has 2 saturated heterocycles. The van der Waals surface area contributed by atoms with Crippen LogP contribution in [0.25, 0.3) is 0 Å². The molecular formula is C16H20N2O2. The Morgan fingerprint density at radius 3 is 2.75 bits per heavy atom. The predicted octanol–water partition coefficient (Wildman–Crippen LogP) is 1.45. The Labute approximate surface area is 119 Å². The van der Waals surface area contributed by atoms with Gasteiger partial charge in [0.2, 0.25) is 5.91 Å². The first-order chi connectivity index (χ1) is 9.67. The number of rotatable bonds is 4. The van der Waals surface area contributed by atoms with Crippen molar-refractivity contribution in [1.82, 2.24) is 9.80 Å². The Balaban J connectivity index is 1.71. The third kappa shape index (κ3) is 1.95. The van der Waals surface area contributed by atoms with E-state index in [9.17, 15) is 9.59 Å². The van der Waals surface area contributed by atoms with Crippen LogP contribution < -0.4 is 0 Å². The molecular weight excluding hydrogens is 252 g/mol. The molecule has 0 bridgehead atoms. The number of amides is 1. The van der Waals surface area contributed by atoms with Gasteiger partial charge in [-0.25, -0.2) is 0 Å². The van der Waals surface area contributed by atoms with Crippen molar-refractivity contribution in [3.05, 3.63) is 35.9 Å². The quantitative estimate of drug-likeness (QED) is 0.615. The zero-order chi connectivity index (χ0) is 14.2. The summed E-state index contributed by atoms with van der Waals surface area (Å²) in [6.45, 7) is 4.15. The van der Waals surface area contributed by atoms with Crippen LogP contribution >= 0.6 is 0 Å². The van der Waals surface area contributed by atoms with Crippen LogP contribution in [0.1, 0.15) is 25.3 Å². The van der Waals surface area contributed by atoms with E-state index in [1.54, 1.807) is 0 Å². The van der Waals surface area contributed by atoms with Crippen molar-refractivity contribution in [1.29, 1.82) is 0 Å². The number of benzene rings is 1. The Hall–Kier alpha value is -1.68. The van der Waals surface area contributed by atoms with Gasteiger partial charge >= 0.3 is 0 Å². The average Bonchev–Trinajstić information content (AvgIpc) is 2.93. The number of aldehydes is 1. The highest BCUT2D eigenvalue weighted by Crippen LogP contribution is 2.40. The summed E-state index contributed by atoms with van der Waals surface area (Å²) < 4.78 is 0. The normalized spacial score (nSPS) is 27.6. The van der Waals surface area contributed by atoms with E-state index in [0.29, 0.717) is 6.54 Å². The van der Waals surface area contributed by atoms with Crippen molar-refractivity contribution in [3.8, 4) is 0 Å². The largest absolute Gasteiger partial charge is 0.334 e. The van der Waals surface area contributed by atoms with E-state index in [1.807, 2.05) is 42.2 Å². The summed E-state index contributed by atoms with van der Waals surface area (Å²) in [5, 5.41) is 0. The number of carbonyl (C=O) groups is 2. The van der Waals surface area contributed by atoms with E-state index in [-0.39, 0.29) is 11.9 Å². The fourth-order valence-corrected chi connectivity index (χ4v) is 3.56. The van der Waals surface area contributed by atoms with Crippen LogP contribution in [-0.2, 0) is 16.1 Å². The molecule has 4 heteroatoms. The minimum absolute atomic E-state index is 0.166. The maximum Gasteiger partial charge on any atom is 0.245 e. The van der Waals surface area contributed by atoms with Gasteiger partial charge in [-0.05, 0) is 25.3 Å². The molecule has 0 aliphatic carbocycles. The summed E-state index contributed by atoms with van der Waals surface area (Å²) in [7, 11) is 0. The first kappa shape index (κ1) is 13.3. The second kappa shape index (κ2) is 5.02. The highest BCUT2D eigenvalue weighted by molar-refractivity contribution is 5.93. The van der Waals surface area contributed by atoms with Crippen molar-refractivity contribution in [2.75, 3.05) is 13.1 Å². The van der Waals surface area contributed by atoms with Gasteiger partial charge in [-0.1, -0.05) is 30.3 Å². The molecule has 2 aliphatic heterocycles. The van der Waals surface area contributed by atoms with E-state index in [1.165, 1.54) is 0 Å². The number of hydrogen-bond donors (Lipinski definition) is 0. The van der Waals surface area contributed by atoms with Gasteiger partial charge in [-0.3, -0.25) is 9.69 Å². The van der Waals surface area contributed by atoms with Crippen LogP contribution in [0.3, 0.4) is 0 Å². The number of likely N-dealkylation sites (tertiary alicyclic amines) is 2. The predicted molar refractivity (Wildman–Crippen MR) is 76.1 cm³/mol. The topological polar surface area (TPSA) is 40.6 Å². The summed E-state index contributed by atoms with van der Waals surface area (Å²) in [6, 6.07) is 9.88. The Kier molecular flexibility index (Phi) is 3.34. The van der Waals surface area contributed by atoms with Gasteiger partial charge in [0.25, 0.3) is 0 Å². The lowest BCUT2D eigenvalue weighted by Gasteiger charge is -2.52. The van der Waals surface area contributed by atoms with E-state index in [2.05, 4.69) is 4.90 Å². The molecule has 1 amide bonds. The lowest BCUT2D eigenvalue weighted by molar-refractivity contribution is -0.164. The number of hydrogen-bond acceptors (Lipinski definition) is 3. The molecule has 2 heterocycles. The summed E-state index contributed by atoms with van der Waals surface area (Å²) in [6.07, 6.45) is 2.83. The summed E-state index contributed by atoms with van der Waals surface area (Å²) >= 11 is 0. The van der Waals surface area contributed by atoms with E-state index < -0.39 is 5.54 Å². The van der Waals surface area contributed by atoms with Crippen LogP contribution in [0.2, 0.25) is 0 Å². The van der Waals surface area contributed by atoms with Crippen molar-refractivity contribution >= 4 is 12.2 Å². The fourth-order valence-electron chi connectivity index (χ4n) is 3.56. The third-order valence-electron chi connectivity index (χ3n) is 4.58. The third-order valence-corrected chi connectivity index (χ3v) is 4.58. The lowest BCUT2D eigenvalue weighted by Crippen LogP contribution is -2.72. The Bertz CT molecular complexity index is 516. The fraction of sp³-hybridized carbons (Fsp3) is 0.500. The van der Waals surface area contributed by atoms with Crippen molar-refractivity contribution < 1.29 is 9.59 Å². The maximum atomic E-state index is 12.6. The molecule has 3 rings (SSSR count). The Morgan fingerprint density at radius 1 is 1.35 bits per heavy atom. The van der Waals surface area contributed by atoms with Gasteiger partial charge < -0.3 is 9.69 Å². The molecule has 20 heavy (non-hydrogen) atoms. The van der Waals surface area contributed by atoms with Gasteiger partial charge in [-0.2, -0.15) is 0 Å². The van der Waals surface area contributed by atoms with Crippen molar-refractivity contribution in [2.45, 2.75) is 37.9 Å². The molecule has 1 aromatic rings. The zero-order valence-electron chi connectivity index (χ0n) is 11.8. The van der Waals surface area contributed by atoms with Gasteiger partial charge in [0.1, 0.15) is 11.8 Å².